The van der Waals surface area contributed by atoms with Crippen LogP contribution in [-0.2, 0) is 20.7 Å². The molecule has 12 heteroatoms. The van der Waals surface area contributed by atoms with Gasteiger partial charge < -0.3 is 50.2 Å². The molecular weight excluding hydrogens is 625 g/mol. The number of carbonyl (C=O) groups excluding carboxylic acids is 1. The van der Waals surface area contributed by atoms with E-state index in [0.29, 0.717) is 30.8 Å². The average molecular weight is 680 g/mol. The molecule has 0 aromatic heterocycles. The van der Waals surface area contributed by atoms with Crippen molar-refractivity contribution >= 4 is 5.91 Å². The van der Waals surface area contributed by atoms with Crippen LogP contribution in [-0.4, -0.2) is 98.7 Å². The third kappa shape index (κ3) is 13.3. The molecule has 0 radical (unpaired) electrons. The Balaban J connectivity index is 1.28. The molecule has 2 unspecified atom stereocenters. The molecule has 3 rings (SSSR count). The second-order valence-electron chi connectivity index (χ2n) is 12.6. The predicted molar refractivity (Wildman–Crippen MR) is 177 cm³/mol. The Morgan fingerprint density at radius 3 is 2.04 bits per heavy atom. The van der Waals surface area contributed by atoms with E-state index in [0.717, 1.165) is 51.4 Å². The Morgan fingerprint density at radius 2 is 1.44 bits per heavy atom. The fourth-order valence-electron chi connectivity index (χ4n) is 5.68. The monoisotopic (exact) mass is 679 g/mol. The van der Waals surface area contributed by atoms with Crippen molar-refractivity contribution in [1.29, 1.82) is 0 Å². The number of carbonyl (C=O) groups is 1. The number of unbranched alkanes of at least 4 members (excludes halogenated alkanes) is 7. The summed E-state index contributed by atoms with van der Waals surface area (Å²) >= 11 is 0. The van der Waals surface area contributed by atoms with Gasteiger partial charge in [-0.3, -0.25) is 4.79 Å². The number of amides is 1. The number of halogens is 1. The van der Waals surface area contributed by atoms with Crippen molar-refractivity contribution in [3.63, 3.8) is 0 Å². The molecule has 1 heterocycles. The molecule has 11 nitrogen and oxygen atoms in total. The highest BCUT2D eigenvalue weighted by molar-refractivity contribution is 5.76. The Morgan fingerprint density at radius 1 is 0.854 bits per heavy atom. The molecule has 1 amide bonds. The number of rotatable bonds is 22. The van der Waals surface area contributed by atoms with Gasteiger partial charge in [-0.05, 0) is 67.6 Å². The van der Waals surface area contributed by atoms with Crippen LogP contribution in [0.2, 0.25) is 0 Å². The van der Waals surface area contributed by atoms with E-state index in [2.05, 4.69) is 17.4 Å². The average Bonchev–Trinajstić information content (AvgIpc) is 3.08. The van der Waals surface area contributed by atoms with Crippen LogP contribution in [0.1, 0.15) is 83.1 Å². The minimum Gasteiger partial charge on any atom is -0.457 e. The number of hydrogen-bond acceptors (Lipinski definition) is 10. The SMILES string of the molecule is CCC[C@@H](O)[C@@H](O)[C@H](CO[C@H]1OC(CO)[C@H](O)[C@H](O)C1O)NC(=O)CCCCCCCCCCc1ccc(Oc2ccc(F)cc2)cc1. The third-order valence-electron chi connectivity index (χ3n) is 8.62. The molecule has 48 heavy (non-hydrogen) atoms. The topological polar surface area (TPSA) is 178 Å². The lowest BCUT2D eigenvalue weighted by molar-refractivity contribution is -0.303. The van der Waals surface area contributed by atoms with Gasteiger partial charge in [0, 0.05) is 6.42 Å². The van der Waals surface area contributed by atoms with Crippen LogP contribution >= 0.6 is 0 Å². The zero-order chi connectivity index (χ0) is 34.9. The number of nitrogens with one attached hydrogen (secondary N) is 1. The zero-order valence-corrected chi connectivity index (χ0v) is 27.8. The highest BCUT2D eigenvalue weighted by Crippen LogP contribution is 2.24. The quantitative estimate of drug-likeness (QED) is 0.0912. The summed E-state index contributed by atoms with van der Waals surface area (Å²) in [5, 5.41) is 63.4. The van der Waals surface area contributed by atoms with Gasteiger partial charge in [-0.2, -0.15) is 0 Å². The van der Waals surface area contributed by atoms with Crippen molar-refractivity contribution < 1.29 is 54.0 Å². The van der Waals surface area contributed by atoms with Crippen molar-refractivity contribution in [2.75, 3.05) is 13.2 Å². The predicted octanol–water partition coefficient (Wildman–Crippen LogP) is 3.49. The Labute approximate surface area is 282 Å². The molecule has 1 aliphatic rings. The summed E-state index contributed by atoms with van der Waals surface area (Å²) in [6, 6.07) is 12.9. The van der Waals surface area contributed by atoms with Crippen molar-refractivity contribution in [2.24, 2.45) is 0 Å². The summed E-state index contributed by atoms with van der Waals surface area (Å²) in [6.45, 7) is 0.897. The van der Waals surface area contributed by atoms with Crippen LogP contribution in [0, 0.1) is 5.82 Å². The second kappa shape index (κ2) is 21.4. The largest absolute Gasteiger partial charge is 0.457 e. The van der Waals surface area contributed by atoms with Gasteiger partial charge in [0.2, 0.25) is 5.91 Å². The molecule has 0 spiro atoms. The molecule has 0 bridgehead atoms. The lowest BCUT2D eigenvalue weighted by Gasteiger charge is -2.40. The maximum absolute atomic E-state index is 13.1. The number of aryl methyl sites for hydroxylation is 1. The lowest BCUT2D eigenvalue weighted by atomic mass is 9.99. The standard InChI is InChI=1S/C36H54FNO10/c1-2-11-29(40)32(42)28(23-46-36-35(45)34(44)33(43)30(22-39)48-36)38-31(41)13-10-8-6-4-3-5-7-9-12-24-14-18-26(19-15-24)47-27-20-16-25(37)17-21-27/h14-21,28-30,32-36,39-40,42-45H,2-13,22-23H2,1H3,(H,38,41)/t28-,29+,30?,32-,33-,34-,35?,36-/m0/s1. The van der Waals surface area contributed by atoms with Crippen LogP contribution in [0.4, 0.5) is 4.39 Å². The fraction of sp³-hybridized carbons (Fsp3) is 0.639. The number of ether oxygens (including phenoxy) is 3. The van der Waals surface area contributed by atoms with Gasteiger partial charge in [-0.15, -0.1) is 0 Å². The van der Waals surface area contributed by atoms with Gasteiger partial charge in [-0.1, -0.05) is 64.0 Å². The summed E-state index contributed by atoms with van der Waals surface area (Å²) in [6.07, 6.45) is 0.443. The number of aliphatic hydroxyl groups excluding tert-OH is 6. The minimum absolute atomic E-state index is 0.237. The smallest absolute Gasteiger partial charge is 0.220 e. The fourth-order valence-corrected chi connectivity index (χ4v) is 5.68. The molecular formula is C36H54FNO10. The van der Waals surface area contributed by atoms with Gasteiger partial charge >= 0.3 is 0 Å². The molecule has 1 aliphatic heterocycles. The summed E-state index contributed by atoms with van der Waals surface area (Å²) < 4.78 is 29.7. The second-order valence-corrected chi connectivity index (χ2v) is 12.6. The first-order valence-corrected chi connectivity index (χ1v) is 17.2. The third-order valence-corrected chi connectivity index (χ3v) is 8.62. The Kier molecular flexibility index (Phi) is 17.7. The maximum atomic E-state index is 13.1. The first-order valence-electron chi connectivity index (χ1n) is 17.2. The summed E-state index contributed by atoms with van der Waals surface area (Å²) in [5.41, 5.74) is 1.25. The molecule has 0 saturated carbocycles. The Bertz CT molecular complexity index is 1170. The highest BCUT2D eigenvalue weighted by atomic mass is 19.1. The van der Waals surface area contributed by atoms with E-state index in [9.17, 15) is 39.8 Å². The number of aliphatic hydroxyl groups is 6. The van der Waals surface area contributed by atoms with Crippen molar-refractivity contribution in [2.45, 2.75) is 133 Å². The molecule has 270 valence electrons. The van der Waals surface area contributed by atoms with Crippen LogP contribution in [0.5, 0.6) is 11.5 Å². The summed E-state index contributed by atoms with van der Waals surface area (Å²) in [4.78, 5) is 12.7. The zero-order valence-electron chi connectivity index (χ0n) is 27.8. The van der Waals surface area contributed by atoms with Crippen LogP contribution in [0.3, 0.4) is 0 Å². The van der Waals surface area contributed by atoms with E-state index in [4.69, 9.17) is 14.2 Å². The van der Waals surface area contributed by atoms with Gasteiger partial charge in [0.1, 0.15) is 47.8 Å². The van der Waals surface area contributed by atoms with E-state index in [1.165, 1.54) is 17.7 Å². The Hall–Kier alpha value is -2.68. The lowest BCUT2D eigenvalue weighted by Crippen LogP contribution is -2.60. The van der Waals surface area contributed by atoms with Gasteiger partial charge in [0.15, 0.2) is 6.29 Å². The van der Waals surface area contributed by atoms with Crippen molar-refractivity contribution in [1.82, 2.24) is 5.32 Å². The highest BCUT2D eigenvalue weighted by Gasteiger charge is 2.44. The number of hydrogen-bond donors (Lipinski definition) is 7. The van der Waals surface area contributed by atoms with Crippen molar-refractivity contribution in [3.05, 3.63) is 59.9 Å². The van der Waals surface area contributed by atoms with Crippen LogP contribution in [0.15, 0.2) is 48.5 Å². The van der Waals surface area contributed by atoms with E-state index in [1.54, 1.807) is 12.1 Å². The maximum Gasteiger partial charge on any atom is 0.220 e. The number of benzene rings is 2. The summed E-state index contributed by atoms with van der Waals surface area (Å²) in [5.74, 6) is 0.703. The normalized spacial score (nSPS) is 23.0. The van der Waals surface area contributed by atoms with E-state index < -0.39 is 55.6 Å². The minimum atomic E-state index is -1.62. The van der Waals surface area contributed by atoms with E-state index in [1.807, 2.05) is 19.1 Å². The first kappa shape index (κ1) is 39.8. The molecule has 7 N–H and O–H groups in total. The van der Waals surface area contributed by atoms with Gasteiger partial charge in [0.25, 0.3) is 0 Å². The molecule has 1 saturated heterocycles. The molecule has 0 aliphatic carbocycles. The first-order chi connectivity index (χ1) is 23.1. The van der Waals surface area contributed by atoms with E-state index in [-0.39, 0.29) is 24.8 Å². The van der Waals surface area contributed by atoms with Crippen LogP contribution in [0.25, 0.3) is 0 Å². The molecule has 1 fully saturated rings. The molecule has 8 atom stereocenters. The molecule has 2 aromatic carbocycles. The van der Waals surface area contributed by atoms with Crippen LogP contribution < -0.4 is 10.1 Å². The van der Waals surface area contributed by atoms with Gasteiger partial charge in [-0.25, -0.2) is 4.39 Å². The summed E-state index contributed by atoms with van der Waals surface area (Å²) in [7, 11) is 0. The van der Waals surface area contributed by atoms with E-state index >= 15 is 0 Å². The molecule has 2 aromatic rings. The van der Waals surface area contributed by atoms with Gasteiger partial charge in [0.05, 0.1) is 25.4 Å². The van der Waals surface area contributed by atoms with Crippen molar-refractivity contribution in [3.8, 4) is 11.5 Å².